The summed E-state index contributed by atoms with van der Waals surface area (Å²) in [5.74, 6) is 2.77. The van der Waals surface area contributed by atoms with Crippen molar-refractivity contribution in [1.29, 1.82) is 0 Å². The molecule has 0 N–H and O–H groups in total. The van der Waals surface area contributed by atoms with E-state index >= 15 is 0 Å². The molecule has 8 aromatic carbocycles. The number of benzene rings is 8. The predicted molar refractivity (Wildman–Crippen MR) is 221 cm³/mol. The molecule has 0 aliphatic carbocycles. The number of nitrogens with zero attached hydrogens (tertiary/aromatic N) is 2. The van der Waals surface area contributed by atoms with Crippen molar-refractivity contribution in [3.63, 3.8) is 0 Å². The van der Waals surface area contributed by atoms with Gasteiger partial charge in [-0.25, -0.2) is 0 Å². The lowest BCUT2D eigenvalue weighted by Gasteiger charge is -2.31. The van der Waals surface area contributed by atoms with Crippen LogP contribution in [0.3, 0.4) is 0 Å². The first kappa shape index (κ1) is 31.0. The Morgan fingerprint density at radius 1 is 0.340 bits per heavy atom. The first-order valence-corrected chi connectivity index (χ1v) is 18.5. The zero-order valence-corrected chi connectivity index (χ0v) is 29.4. The van der Waals surface area contributed by atoms with Crippen LogP contribution in [0.4, 0.5) is 34.1 Å². The lowest BCUT2D eigenvalue weighted by Crippen LogP contribution is -2.14. The van der Waals surface area contributed by atoms with E-state index in [1.54, 1.807) is 0 Å². The topological polar surface area (TPSA) is 24.9 Å². The van der Waals surface area contributed by atoms with Gasteiger partial charge in [-0.3, -0.25) is 0 Å². The van der Waals surface area contributed by atoms with Crippen LogP contribution < -0.4 is 19.3 Å². The zero-order valence-electron chi connectivity index (χ0n) is 28.6. The number of anilines is 6. The largest absolute Gasteiger partial charge is 0.450 e. The van der Waals surface area contributed by atoms with Crippen LogP contribution >= 0.6 is 11.3 Å². The van der Waals surface area contributed by atoms with Gasteiger partial charge in [0, 0.05) is 49.0 Å². The van der Waals surface area contributed by atoms with Gasteiger partial charge in [-0.15, -0.1) is 11.3 Å². The Bertz CT molecular complexity index is 2690. The maximum absolute atomic E-state index is 6.48. The van der Waals surface area contributed by atoms with E-state index in [1.807, 2.05) is 41.7 Å². The van der Waals surface area contributed by atoms with E-state index in [0.29, 0.717) is 23.0 Å². The highest BCUT2D eigenvalue weighted by Gasteiger charge is 2.25. The van der Waals surface area contributed by atoms with Crippen molar-refractivity contribution in [2.75, 3.05) is 9.80 Å². The summed E-state index contributed by atoms with van der Waals surface area (Å²) in [6.45, 7) is 0. The minimum atomic E-state index is 0.671. The van der Waals surface area contributed by atoms with Crippen LogP contribution in [0.15, 0.2) is 194 Å². The van der Waals surface area contributed by atoms with E-state index in [4.69, 9.17) is 9.47 Å². The quantitative estimate of drug-likeness (QED) is 0.165. The molecule has 0 fully saturated rings. The molecule has 2 heterocycles. The third kappa shape index (κ3) is 5.64. The fourth-order valence-corrected chi connectivity index (χ4v) is 8.40. The Labute approximate surface area is 312 Å². The van der Waals surface area contributed by atoms with Gasteiger partial charge in [-0.2, -0.15) is 0 Å². The fourth-order valence-electron chi connectivity index (χ4n) is 7.24. The second-order valence-electron chi connectivity index (χ2n) is 13.0. The number of hydrogen-bond donors (Lipinski definition) is 0. The van der Waals surface area contributed by atoms with Crippen molar-refractivity contribution in [3.8, 4) is 34.1 Å². The van der Waals surface area contributed by atoms with Gasteiger partial charge >= 0.3 is 0 Å². The molecule has 0 spiro atoms. The summed E-state index contributed by atoms with van der Waals surface area (Å²) in [5, 5.41) is 2.42. The summed E-state index contributed by atoms with van der Waals surface area (Å²) >= 11 is 1.82. The SMILES string of the molecule is c1ccc(-c2ccc(N(c3ccc4c(c3)Oc3ccccc3O4)c3cc(N(c4ccccc4)c4ccccc4)cc4sc5ccccc5c34)cc2)cc1. The van der Waals surface area contributed by atoms with Crippen LogP contribution in [-0.2, 0) is 0 Å². The van der Waals surface area contributed by atoms with Gasteiger partial charge in [0.05, 0.1) is 11.4 Å². The van der Waals surface area contributed by atoms with E-state index in [2.05, 4.69) is 174 Å². The highest BCUT2D eigenvalue weighted by molar-refractivity contribution is 7.26. The van der Waals surface area contributed by atoms with Crippen molar-refractivity contribution in [1.82, 2.24) is 0 Å². The van der Waals surface area contributed by atoms with E-state index in [1.165, 1.54) is 25.7 Å². The zero-order chi connectivity index (χ0) is 35.1. The van der Waals surface area contributed by atoms with Gasteiger partial charge < -0.3 is 19.3 Å². The summed E-state index contributed by atoms with van der Waals surface area (Å²) in [7, 11) is 0. The minimum Gasteiger partial charge on any atom is -0.450 e. The summed E-state index contributed by atoms with van der Waals surface area (Å²) < 4.78 is 15.2. The van der Waals surface area contributed by atoms with E-state index in [9.17, 15) is 0 Å². The molecule has 1 aliphatic rings. The van der Waals surface area contributed by atoms with Gasteiger partial charge in [0.1, 0.15) is 0 Å². The number of para-hydroxylation sites is 4. The molecular weight excluding hydrogens is 669 g/mol. The van der Waals surface area contributed by atoms with Gasteiger partial charge in [0.25, 0.3) is 0 Å². The van der Waals surface area contributed by atoms with Crippen molar-refractivity contribution in [2.24, 2.45) is 0 Å². The third-order valence-corrected chi connectivity index (χ3v) is 10.8. The predicted octanol–water partition coefficient (Wildman–Crippen LogP) is 14.6. The number of fused-ring (bicyclic) bond motifs is 5. The van der Waals surface area contributed by atoms with Crippen LogP contribution in [-0.4, -0.2) is 0 Å². The fraction of sp³-hybridized carbons (Fsp3) is 0. The van der Waals surface area contributed by atoms with Crippen molar-refractivity contribution in [3.05, 3.63) is 194 Å². The van der Waals surface area contributed by atoms with Gasteiger partial charge in [-0.1, -0.05) is 109 Å². The lowest BCUT2D eigenvalue weighted by atomic mass is 10.0. The first-order valence-electron chi connectivity index (χ1n) is 17.7. The second-order valence-corrected chi connectivity index (χ2v) is 14.1. The number of rotatable bonds is 7. The van der Waals surface area contributed by atoms with Crippen LogP contribution in [0.2, 0.25) is 0 Å². The molecule has 0 unspecified atom stereocenters. The average Bonchev–Trinajstić information content (AvgIpc) is 3.60. The number of hydrogen-bond acceptors (Lipinski definition) is 5. The van der Waals surface area contributed by atoms with Crippen LogP contribution in [0, 0.1) is 0 Å². The normalized spacial score (nSPS) is 11.7. The molecule has 1 aromatic heterocycles. The maximum atomic E-state index is 6.48. The summed E-state index contributed by atoms with van der Waals surface area (Å²) in [6, 6.07) is 67.9. The molecule has 10 rings (SSSR count). The Kier molecular flexibility index (Phi) is 7.63. The molecule has 1 aliphatic heterocycles. The monoisotopic (exact) mass is 700 g/mol. The first-order chi connectivity index (χ1) is 26.3. The maximum Gasteiger partial charge on any atom is 0.172 e. The van der Waals surface area contributed by atoms with Gasteiger partial charge in [-0.05, 0) is 90.0 Å². The van der Waals surface area contributed by atoms with Crippen molar-refractivity contribution in [2.45, 2.75) is 0 Å². The molecule has 9 aromatic rings. The molecule has 5 heteroatoms. The second kappa shape index (κ2) is 13.1. The Balaban J connectivity index is 1.23. The van der Waals surface area contributed by atoms with Crippen molar-refractivity contribution < 1.29 is 9.47 Å². The molecule has 53 heavy (non-hydrogen) atoms. The van der Waals surface area contributed by atoms with E-state index in [-0.39, 0.29) is 0 Å². The third-order valence-electron chi connectivity index (χ3n) is 9.68. The van der Waals surface area contributed by atoms with Crippen LogP contribution in [0.25, 0.3) is 31.3 Å². The van der Waals surface area contributed by atoms with Crippen molar-refractivity contribution >= 4 is 65.6 Å². The molecular formula is C48H32N2O2S. The Morgan fingerprint density at radius 3 is 1.57 bits per heavy atom. The summed E-state index contributed by atoms with van der Waals surface area (Å²) in [4.78, 5) is 4.70. The summed E-state index contributed by atoms with van der Waals surface area (Å²) in [6.07, 6.45) is 0. The number of thiophene rings is 1. The highest BCUT2D eigenvalue weighted by Crippen LogP contribution is 2.52. The highest BCUT2D eigenvalue weighted by atomic mass is 32.1. The van der Waals surface area contributed by atoms with Crippen LogP contribution in [0.5, 0.6) is 23.0 Å². The van der Waals surface area contributed by atoms with E-state index in [0.717, 1.165) is 39.7 Å². The number of ether oxygens (including phenoxy) is 2. The average molecular weight is 701 g/mol. The molecule has 0 atom stereocenters. The Hall–Kier alpha value is -6.82. The molecule has 252 valence electrons. The molecule has 4 nitrogen and oxygen atoms in total. The van der Waals surface area contributed by atoms with E-state index < -0.39 is 0 Å². The molecule has 0 saturated carbocycles. The van der Waals surface area contributed by atoms with Gasteiger partial charge in [0.2, 0.25) is 0 Å². The minimum absolute atomic E-state index is 0.671. The molecule has 0 amide bonds. The molecule has 0 saturated heterocycles. The van der Waals surface area contributed by atoms with Gasteiger partial charge in [0.15, 0.2) is 23.0 Å². The summed E-state index contributed by atoms with van der Waals surface area (Å²) in [5.41, 5.74) is 8.62. The molecule has 0 radical (unpaired) electrons. The molecule has 0 bridgehead atoms. The Morgan fingerprint density at radius 2 is 0.868 bits per heavy atom. The van der Waals surface area contributed by atoms with Crippen LogP contribution in [0.1, 0.15) is 0 Å². The smallest absolute Gasteiger partial charge is 0.172 e. The standard InChI is InChI=1S/C48H32N2O2S/c1-4-14-33(15-5-1)34-24-26-37(27-25-34)50(38-28-29-44-45(31-38)52-43-22-12-11-21-42(43)51-44)41-30-39(32-47-48(41)40-20-10-13-23-46(40)53-47)49(35-16-6-2-7-17-35)36-18-8-3-9-19-36/h1-32H. The lowest BCUT2D eigenvalue weighted by molar-refractivity contribution is 0.360.